The van der Waals surface area contributed by atoms with Gasteiger partial charge in [-0.05, 0) is 48.2 Å². The summed E-state index contributed by atoms with van der Waals surface area (Å²) in [6.07, 6.45) is 1.52. The average molecular weight is 380 g/mol. The molecule has 7 nitrogen and oxygen atoms in total. The first-order valence-corrected chi connectivity index (χ1v) is 9.03. The van der Waals surface area contributed by atoms with Crippen LogP contribution < -0.4 is 10.2 Å². The number of para-hydroxylation sites is 1. The molecule has 28 heavy (non-hydrogen) atoms. The van der Waals surface area contributed by atoms with E-state index in [1.165, 1.54) is 0 Å². The highest BCUT2D eigenvalue weighted by molar-refractivity contribution is 5.97. The quantitative estimate of drug-likeness (QED) is 0.538. The Morgan fingerprint density at radius 3 is 2.82 bits per heavy atom. The lowest BCUT2D eigenvalue weighted by atomic mass is 10.0. The third-order valence-electron chi connectivity index (χ3n) is 5.03. The van der Waals surface area contributed by atoms with E-state index < -0.39 is 5.91 Å². The second kappa shape index (κ2) is 7.36. The minimum Gasteiger partial charge on any atom is -0.493 e. The lowest BCUT2D eigenvalue weighted by Gasteiger charge is -2.19. The van der Waals surface area contributed by atoms with Gasteiger partial charge in [-0.3, -0.25) is 14.8 Å². The molecule has 3 aromatic rings. The molecule has 1 aromatic heterocycles. The monoisotopic (exact) mass is 380 g/mol. The first-order valence-electron chi connectivity index (χ1n) is 9.03. The second-order valence-corrected chi connectivity index (χ2v) is 6.74. The third-order valence-corrected chi connectivity index (χ3v) is 5.03. The van der Waals surface area contributed by atoms with Gasteiger partial charge in [0.15, 0.2) is 17.1 Å². The number of rotatable bonds is 3. The molecule has 0 radical (unpaired) electrons. The highest BCUT2D eigenvalue weighted by atomic mass is 16.5. The van der Waals surface area contributed by atoms with E-state index >= 15 is 0 Å². The van der Waals surface area contributed by atoms with Crippen LogP contribution in [-0.4, -0.2) is 35.6 Å². The molecule has 0 saturated carbocycles. The van der Waals surface area contributed by atoms with Crippen LogP contribution in [0.15, 0.2) is 46.9 Å². The predicted octanol–water partition coefficient (Wildman–Crippen LogP) is 3.15. The van der Waals surface area contributed by atoms with Gasteiger partial charge in [-0.15, -0.1) is 0 Å². The summed E-state index contributed by atoms with van der Waals surface area (Å²) in [5.74, 6) is 0.145. The number of benzene rings is 2. The molecule has 144 valence electrons. The molecule has 2 aromatic carbocycles. The van der Waals surface area contributed by atoms with Crippen molar-refractivity contribution in [1.82, 2.24) is 10.4 Å². The molecule has 0 aliphatic carbocycles. The predicted molar refractivity (Wildman–Crippen MR) is 102 cm³/mol. The molecule has 1 aliphatic heterocycles. The Kier molecular flexibility index (Phi) is 4.75. The highest BCUT2D eigenvalue weighted by Crippen LogP contribution is 2.30. The number of nitrogens with zero attached hydrogens (tertiary/aromatic N) is 1. The summed E-state index contributed by atoms with van der Waals surface area (Å²) in [5, 5.41) is 9.63. The second-order valence-electron chi connectivity index (χ2n) is 6.74. The number of ether oxygens (including phenoxy) is 1. The first-order chi connectivity index (χ1) is 13.6. The van der Waals surface area contributed by atoms with E-state index in [1.54, 1.807) is 41.8 Å². The molecule has 0 bridgehead atoms. The van der Waals surface area contributed by atoms with Crippen LogP contribution in [0.5, 0.6) is 5.75 Å². The zero-order valence-corrected chi connectivity index (χ0v) is 15.4. The number of hydrogen-bond donors (Lipinski definition) is 2. The average Bonchev–Trinajstić information content (AvgIpc) is 3.05. The van der Waals surface area contributed by atoms with E-state index in [0.717, 1.165) is 29.4 Å². The molecule has 2 N–H and O–H groups in total. The molecular formula is C21H20N2O5. The Morgan fingerprint density at radius 1 is 1.18 bits per heavy atom. The van der Waals surface area contributed by atoms with Crippen molar-refractivity contribution in [1.29, 1.82) is 0 Å². The SMILES string of the molecule is COc1cccc2cc(C(=O)N3CCCc4cc(C(=O)NO)ccc4C3)oc12. The van der Waals surface area contributed by atoms with Crippen LogP contribution in [0.3, 0.4) is 0 Å². The summed E-state index contributed by atoms with van der Waals surface area (Å²) in [7, 11) is 1.57. The Bertz CT molecular complexity index is 1060. The van der Waals surface area contributed by atoms with Crippen molar-refractivity contribution in [3.8, 4) is 5.75 Å². The van der Waals surface area contributed by atoms with Gasteiger partial charge >= 0.3 is 0 Å². The van der Waals surface area contributed by atoms with E-state index in [2.05, 4.69) is 0 Å². The maximum Gasteiger partial charge on any atom is 0.289 e. The molecule has 7 heteroatoms. The van der Waals surface area contributed by atoms with Crippen molar-refractivity contribution in [3.63, 3.8) is 0 Å². The van der Waals surface area contributed by atoms with Gasteiger partial charge in [-0.25, -0.2) is 5.48 Å². The number of aryl methyl sites for hydroxylation is 1. The summed E-state index contributed by atoms with van der Waals surface area (Å²) >= 11 is 0. The number of fused-ring (bicyclic) bond motifs is 2. The Balaban J connectivity index is 1.61. The number of hydrogen-bond acceptors (Lipinski definition) is 5. The molecule has 2 heterocycles. The van der Waals surface area contributed by atoms with Gasteiger partial charge in [0.2, 0.25) is 0 Å². The van der Waals surface area contributed by atoms with Crippen molar-refractivity contribution in [3.05, 3.63) is 64.9 Å². The molecule has 0 spiro atoms. The van der Waals surface area contributed by atoms with Crippen molar-refractivity contribution in [2.45, 2.75) is 19.4 Å². The first kappa shape index (κ1) is 18.1. The molecule has 2 amide bonds. The van der Waals surface area contributed by atoms with E-state index in [9.17, 15) is 9.59 Å². The Hall–Kier alpha value is -3.32. The fraction of sp³-hybridized carbons (Fsp3) is 0.238. The summed E-state index contributed by atoms with van der Waals surface area (Å²) in [4.78, 5) is 26.4. The van der Waals surface area contributed by atoms with Crippen LogP contribution >= 0.6 is 0 Å². The lowest BCUT2D eigenvalue weighted by Crippen LogP contribution is -2.30. The number of furan rings is 1. The minimum atomic E-state index is -0.545. The summed E-state index contributed by atoms with van der Waals surface area (Å²) in [6.45, 7) is 1.02. The third kappa shape index (κ3) is 3.20. The van der Waals surface area contributed by atoms with Crippen LogP contribution in [0.4, 0.5) is 0 Å². The number of carbonyl (C=O) groups excluding carboxylic acids is 2. The number of methoxy groups -OCH3 is 1. The van der Waals surface area contributed by atoms with Crippen LogP contribution in [0.25, 0.3) is 11.0 Å². The van der Waals surface area contributed by atoms with Gasteiger partial charge in [-0.2, -0.15) is 0 Å². The van der Waals surface area contributed by atoms with Crippen molar-refractivity contribution >= 4 is 22.8 Å². The summed E-state index contributed by atoms with van der Waals surface area (Å²) in [5.41, 5.74) is 4.58. The molecule has 4 rings (SSSR count). The zero-order valence-electron chi connectivity index (χ0n) is 15.4. The molecule has 0 fully saturated rings. The van der Waals surface area contributed by atoms with Gasteiger partial charge < -0.3 is 14.1 Å². The molecule has 1 aliphatic rings. The van der Waals surface area contributed by atoms with Gasteiger partial charge in [0.1, 0.15) is 0 Å². The van der Waals surface area contributed by atoms with Crippen molar-refractivity contribution in [2.75, 3.05) is 13.7 Å². The fourth-order valence-electron chi connectivity index (χ4n) is 3.60. The minimum absolute atomic E-state index is 0.178. The van der Waals surface area contributed by atoms with E-state index in [4.69, 9.17) is 14.4 Å². The Labute approximate surface area is 161 Å². The molecule has 0 atom stereocenters. The normalized spacial score (nSPS) is 13.7. The van der Waals surface area contributed by atoms with Gasteiger partial charge in [0, 0.05) is 24.0 Å². The maximum atomic E-state index is 13.0. The van der Waals surface area contributed by atoms with E-state index in [0.29, 0.717) is 30.0 Å². The maximum absolute atomic E-state index is 13.0. The van der Waals surface area contributed by atoms with Crippen LogP contribution in [-0.2, 0) is 13.0 Å². The van der Waals surface area contributed by atoms with Crippen LogP contribution in [0.2, 0.25) is 0 Å². The number of nitrogens with one attached hydrogen (secondary N) is 1. The van der Waals surface area contributed by atoms with Crippen LogP contribution in [0.1, 0.15) is 38.5 Å². The zero-order chi connectivity index (χ0) is 19.7. The van der Waals surface area contributed by atoms with Crippen LogP contribution in [0, 0.1) is 0 Å². The fourth-order valence-corrected chi connectivity index (χ4v) is 3.60. The standard InChI is InChI=1S/C21H20N2O5/c1-27-17-6-2-4-14-11-18(28-19(14)17)21(25)23-9-3-5-13-10-15(20(24)22-26)7-8-16(13)12-23/h2,4,6-8,10-11,26H,3,5,9,12H2,1H3,(H,22,24). The largest absolute Gasteiger partial charge is 0.493 e. The van der Waals surface area contributed by atoms with Crippen molar-refractivity contribution in [2.24, 2.45) is 0 Å². The van der Waals surface area contributed by atoms with Crippen molar-refractivity contribution < 1.29 is 24.0 Å². The smallest absolute Gasteiger partial charge is 0.289 e. The van der Waals surface area contributed by atoms with E-state index in [1.807, 2.05) is 18.2 Å². The molecule has 0 saturated heterocycles. The summed E-state index contributed by atoms with van der Waals surface area (Å²) < 4.78 is 11.1. The highest BCUT2D eigenvalue weighted by Gasteiger charge is 2.24. The van der Waals surface area contributed by atoms with Gasteiger partial charge in [0.05, 0.1) is 7.11 Å². The van der Waals surface area contributed by atoms with Gasteiger partial charge in [-0.1, -0.05) is 18.2 Å². The lowest BCUT2D eigenvalue weighted by molar-refractivity contribution is 0.0703. The molecule has 0 unspecified atom stereocenters. The Morgan fingerprint density at radius 2 is 2.04 bits per heavy atom. The van der Waals surface area contributed by atoms with E-state index in [-0.39, 0.29) is 11.7 Å². The number of hydroxylamine groups is 1. The number of carbonyl (C=O) groups is 2. The van der Waals surface area contributed by atoms with Gasteiger partial charge in [0.25, 0.3) is 11.8 Å². The summed E-state index contributed by atoms with van der Waals surface area (Å²) in [6, 6.07) is 12.5. The number of amides is 2. The topological polar surface area (TPSA) is 92.0 Å². The molecular weight excluding hydrogens is 360 g/mol.